The van der Waals surface area contributed by atoms with E-state index in [-0.39, 0.29) is 6.10 Å². The van der Waals surface area contributed by atoms with Crippen molar-refractivity contribution in [1.82, 2.24) is 0 Å². The van der Waals surface area contributed by atoms with Gasteiger partial charge in [-0.1, -0.05) is 30.3 Å². The number of hydrogen-bond donors (Lipinski definition) is 1. The van der Waals surface area contributed by atoms with Crippen molar-refractivity contribution in [2.75, 3.05) is 11.9 Å². The van der Waals surface area contributed by atoms with Gasteiger partial charge in [-0.2, -0.15) is 0 Å². The predicted molar refractivity (Wildman–Crippen MR) is 79.0 cm³/mol. The largest absolute Gasteiger partial charge is 0.491 e. The summed E-state index contributed by atoms with van der Waals surface area (Å²) < 4.78 is 5.69. The van der Waals surface area contributed by atoms with Crippen LogP contribution in [0.2, 0.25) is 0 Å². The van der Waals surface area contributed by atoms with Crippen LogP contribution in [0.1, 0.15) is 30.9 Å². The molecule has 1 unspecified atom stereocenters. The number of nitrogens with one attached hydrogen (secondary N) is 1. The minimum absolute atomic E-state index is 0.222. The number of fused-ring (bicyclic) bond motifs is 1. The SMILES string of the molecule is CC(C)Oc1ccc(C2CNc3ccccc32)cc1. The van der Waals surface area contributed by atoms with Crippen molar-refractivity contribution >= 4 is 5.69 Å². The molecule has 1 aliphatic heterocycles. The Kier molecular flexibility index (Phi) is 3.16. The molecule has 0 radical (unpaired) electrons. The number of para-hydroxylation sites is 1. The first-order chi connectivity index (χ1) is 9.24. The molecule has 0 saturated heterocycles. The Morgan fingerprint density at radius 1 is 1.05 bits per heavy atom. The molecule has 0 bridgehead atoms. The lowest BCUT2D eigenvalue weighted by molar-refractivity contribution is 0.242. The van der Waals surface area contributed by atoms with Gasteiger partial charge in [-0.15, -0.1) is 0 Å². The standard InChI is InChI=1S/C17H19NO/c1-12(2)19-14-9-7-13(8-10-14)16-11-18-17-6-4-3-5-15(16)17/h3-10,12,16,18H,11H2,1-2H3. The number of anilines is 1. The van der Waals surface area contributed by atoms with Crippen LogP contribution in [0.3, 0.4) is 0 Å². The molecule has 1 heterocycles. The zero-order valence-corrected chi connectivity index (χ0v) is 11.4. The Morgan fingerprint density at radius 2 is 1.79 bits per heavy atom. The molecule has 0 saturated carbocycles. The van der Waals surface area contributed by atoms with Crippen molar-refractivity contribution in [2.45, 2.75) is 25.9 Å². The third-order valence-corrected chi connectivity index (χ3v) is 3.49. The van der Waals surface area contributed by atoms with Crippen LogP contribution in [0.5, 0.6) is 5.75 Å². The van der Waals surface area contributed by atoms with E-state index in [1.807, 2.05) is 13.8 Å². The zero-order valence-electron chi connectivity index (χ0n) is 11.4. The van der Waals surface area contributed by atoms with E-state index in [1.54, 1.807) is 0 Å². The van der Waals surface area contributed by atoms with E-state index in [0.717, 1.165) is 12.3 Å². The van der Waals surface area contributed by atoms with Crippen LogP contribution in [0, 0.1) is 0 Å². The van der Waals surface area contributed by atoms with Crippen LogP contribution >= 0.6 is 0 Å². The maximum atomic E-state index is 5.69. The van der Waals surface area contributed by atoms with Gasteiger partial charge in [0.05, 0.1) is 6.10 Å². The number of ether oxygens (including phenoxy) is 1. The molecule has 1 aliphatic rings. The van der Waals surface area contributed by atoms with E-state index in [0.29, 0.717) is 5.92 Å². The first-order valence-electron chi connectivity index (χ1n) is 6.83. The van der Waals surface area contributed by atoms with E-state index in [1.165, 1.54) is 16.8 Å². The molecule has 2 aromatic rings. The highest BCUT2D eigenvalue weighted by Gasteiger charge is 2.22. The smallest absolute Gasteiger partial charge is 0.119 e. The van der Waals surface area contributed by atoms with Crippen molar-refractivity contribution in [3.8, 4) is 5.75 Å². The van der Waals surface area contributed by atoms with Gasteiger partial charge in [-0.05, 0) is 43.2 Å². The summed E-state index contributed by atoms with van der Waals surface area (Å²) in [7, 11) is 0. The topological polar surface area (TPSA) is 21.3 Å². The molecule has 1 N–H and O–H groups in total. The summed E-state index contributed by atoms with van der Waals surface area (Å²) >= 11 is 0. The van der Waals surface area contributed by atoms with Crippen molar-refractivity contribution in [3.63, 3.8) is 0 Å². The lowest BCUT2D eigenvalue weighted by Gasteiger charge is -2.13. The fourth-order valence-electron chi connectivity index (χ4n) is 2.63. The van der Waals surface area contributed by atoms with E-state index in [4.69, 9.17) is 4.74 Å². The van der Waals surface area contributed by atoms with Crippen molar-refractivity contribution in [2.24, 2.45) is 0 Å². The summed E-state index contributed by atoms with van der Waals surface area (Å²) in [6, 6.07) is 17.0. The molecule has 1 atom stereocenters. The van der Waals surface area contributed by atoms with Gasteiger partial charge in [0.15, 0.2) is 0 Å². The lowest BCUT2D eigenvalue weighted by Crippen LogP contribution is -2.06. The van der Waals surface area contributed by atoms with Crippen LogP contribution in [-0.4, -0.2) is 12.6 Å². The molecule has 0 fully saturated rings. The Morgan fingerprint density at radius 3 is 2.53 bits per heavy atom. The number of benzene rings is 2. The summed E-state index contributed by atoms with van der Waals surface area (Å²) in [6.07, 6.45) is 0.222. The van der Waals surface area contributed by atoms with Gasteiger partial charge < -0.3 is 10.1 Å². The van der Waals surface area contributed by atoms with Gasteiger partial charge in [0.1, 0.15) is 5.75 Å². The highest BCUT2D eigenvalue weighted by molar-refractivity contribution is 5.60. The molecule has 19 heavy (non-hydrogen) atoms. The third-order valence-electron chi connectivity index (χ3n) is 3.49. The fourth-order valence-corrected chi connectivity index (χ4v) is 2.63. The second kappa shape index (κ2) is 4.96. The zero-order chi connectivity index (χ0) is 13.2. The van der Waals surface area contributed by atoms with E-state index < -0.39 is 0 Å². The molecular formula is C17H19NO. The normalized spacial score (nSPS) is 17.1. The third kappa shape index (κ3) is 2.43. The Bertz CT molecular complexity index is 560. The second-order valence-electron chi connectivity index (χ2n) is 5.26. The first kappa shape index (κ1) is 12.1. The van der Waals surface area contributed by atoms with Crippen LogP contribution in [0.4, 0.5) is 5.69 Å². The molecule has 2 aromatic carbocycles. The Labute approximate surface area is 114 Å². The summed E-state index contributed by atoms with van der Waals surface area (Å²) in [5, 5.41) is 3.46. The van der Waals surface area contributed by atoms with E-state index >= 15 is 0 Å². The predicted octanol–water partition coefficient (Wildman–Crippen LogP) is 4.03. The maximum Gasteiger partial charge on any atom is 0.119 e. The molecule has 0 amide bonds. The van der Waals surface area contributed by atoms with Crippen LogP contribution in [0.15, 0.2) is 48.5 Å². The minimum atomic E-state index is 0.222. The number of hydrogen-bond acceptors (Lipinski definition) is 2. The van der Waals surface area contributed by atoms with Crippen molar-refractivity contribution < 1.29 is 4.74 Å². The summed E-state index contributed by atoms with van der Waals surface area (Å²) in [5.41, 5.74) is 3.99. The van der Waals surface area contributed by atoms with Crippen molar-refractivity contribution in [1.29, 1.82) is 0 Å². The van der Waals surface area contributed by atoms with Gasteiger partial charge in [-0.3, -0.25) is 0 Å². The number of rotatable bonds is 3. The molecule has 98 valence electrons. The van der Waals surface area contributed by atoms with Gasteiger partial charge in [0.2, 0.25) is 0 Å². The van der Waals surface area contributed by atoms with E-state index in [2.05, 4.69) is 53.8 Å². The highest BCUT2D eigenvalue weighted by Crippen LogP contribution is 2.36. The van der Waals surface area contributed by atoms with Gasteiger partial charge >= 0.3 is 0 Å². The quantitative estimate of drug-likeness (QED) is 0.891. The first-order valence-corrected chi connectivity index (χ1v) is 6.83. The molecule has 2 nitrogen and oxygen atoms in total. The second-order valence-corrected chi connectivity index (χ2v) is 5.26. The van der Waals surface area contributed by atoms with Gasteiger partial charge in [-0.25, -0.2) is 0 Å². The van der Waals surface area contributed by atoms with Gasteiger partial charge in [0, 0.05) is 18.2 Å². The fraction of sp³-hybridized carbons (Fsp3) is 0.294. The van der Waals surface area contributed by atoms with Crippen LogP contribution in [0.25, 0.3) is 0 Å². The average molecular weight is 253 g/mol. The highest BCUT2D eigenvalue weighted by atomic mass is 16.5. The summed E-state index contributed by atoms with van der Waals surface area (Å²) in [5.74, 6) is 1.39. The van der Waals surface area contributed by atoms with Gasteiger partial charge in [0.25, 0.3) is 0 Å². The molecule has 0 spiro atoms. The lowest BCUT2D eigenvalue weighted by atomic mass is 9.93. The Balaban J connectivity index is 1.84. The minimum Gasteiger partial charge on any atom is -0.491 e. The molecule has 2 heteroatoms. The molecule has 0 aliphatic carbocycles. The monoisotopic (exact) mass is 253 g/mol. The average Bonchev–Trinajstić information content (AvgIpc) is 2.83. The molecule has 0 aromatic heterocycles. The Hall–Kier alpha value is -1.96. The summed E-state index contributed by atoms with van der Waals surface area (Å²) in [6.45, 7) is 5.07. The maximum absolute atomic E-state index is 5.69. The van der Waals surface area contributed by atoms with Crippen LogP contribution in [-0.2, 0) is 0 Å². The summed E-state index contributed by atoms with van der Waals surface area (Å²) in [4.78, 5) is 0. The van der Waals surface area contributed by atoms with E-state index in [9.17, 15) is 0 Å². The molecule has 3 rings (SSSR count). The molecular weight excluding hydrogens is 234 g/mol. The van der Waals surface area contributed by atoms with Crippen LogP contribution < -0.4 is 10.1 Å². The van der Waals surface area contributed by atoms with Crippen molar-refractivity contribution in [3.05, 3.63) is 59.7 Å².